The fraction of sp³-hybridized carbons (Fsp3) is 0.480. The Bertz CT molecular complexity index is 1000. The van der Waals surface area contributed by atoms with Gasteiger partial charge in [-0.2, -0.15) is 0 Å². The average Bonchev–Trinajstić information content (AvgIpc) is 3.19. The zero-order valence-electron chi connectivity index (χ0n) is 19.4. The number of ether oxygens (including phenoxy) is 3. The average molecular weight is 474 g/mol. The van der Waals surface area contributed by atoms with Crippen molar-refractivity contribution in [1.29, 1.82) is 0 Å². The van der Waals surface area contributed by atoms with Crippen LogP contribution >= 0.6 is 11.3 Å². The molecule has 1 aromatic heterocycles. The van der Waals surface area contributed by atoms with E-state index in [2.05, 4.69) is 39.3 Å². The molecule has 0 atom stereocenters. The topological polar surface area (TPSA) is 82.1 Å². The van der Waals surface area contributed by atoms with Gasteiger partial charge in [0, 0.05) is 43.1 Å². The van der Waals surface area contributed by atoms with E-state index in [1.165, 1.54) is 15.6 Å². The Kier molecular flexibility index (Phi) is 8.77. The molecule has 1 aromatic carbocycles. The summed E-state index contributed by atoms with van der Waals surface area (Å²) in [6.07, 6.45) is 3.53. The molecule has 7 nitrogen and oxygen atoms in total. The molecule has 0 aliphatic carbocycles. The van der Waals surface area contributed by atoms with Gasteiger partial charge in [0.15, 0.2) is 0 Å². The molecule has 1 saturated heterocycles. The molecule has 0 saturated carbocycles. The highest BCUT2D eigenvalue weighted by molar-refractivity contribution is 7.17. The van der Waals surface area contributed by atoms with Crippen molar-refractivity contribution < 1.29 is 28.6 Å². The second-order valence-corrected chi connectivity index (χ2v) is 10.1. The molecular weight excluding hydrogens is 442 g/mol. The highest BCUT2D eigenvalue weighted by atomic mass is 32.1. The molecule has 8 heteroatoms. The molecule has 178 valence electrons. The van der Waals surface area contributed by atoms with Crippen molar-refractivity contribution in [3.05, 3.63) is 47.4 Å². The van der Waals surface area contributed by atoms with E-state index in [4.69, 9.17) is 9.47 Å². The number of likely N-dealkylation sites (tertiary alicyclic amines) is 1. The number of fused-ring (bicyclic) bond motifs is 1. The fourth-order valence-electron chi connectivity index (χ4n) is 3.25. The Morgan fingerprint density at radius 2 is 1.85 bits per heavy atom. The molecule has 2 aromatic rings. The number of thiophene rings is 1. The first kappa shape index (κ1) is 25.1. The van der Waals surface area contributed by atoms with Crippen LogP contribution in [0.5, 0.6) is 0 Å². The third-order valence-electron chi connectivity index (χ3n) is 5.18. The van der Waals surface area contributed by atoms with Crippen LogP contribution in [0.4, 0.5) is 0 Å². The van der Waals surface area contributed by atoms with Gasteiger partial charge in [0.1, 0.15) is 6.10 Å². The number of rotatable bonds is 10. The predicted octanol–water partition coefficient (Wildman–Crippen LogP) is 3.75. The largest absolute Gasteiger partial charge is 0.456 e. The summed E-state index contributed by atoms with van der Waals surface area (Å²) >= 11 is 1.75. The minimum absolute atomic E-state index is 0.192. The summed E-state index contributed by atoms with van der Waals surface area (Å²) in [5, 5.41) is 3.40. The van der Waals surface area contributed by atoms with Crippen molar-refractivity contribution in [3.63, 3.8) is 0 Å². The van der Waals surface area contributed by atoms with Crippen LogP contribution in [0, 0.1) is 5.41 Å². The van der Waals surface area contributed by atoms with Gasteiger partial charge in [0.05, 0.1) is 12.0 Å². The van der Waals surface area contributed by atoms with Crippen molar-refractivity contribution >= 4 is 39.3 Å². The molecule has 33 heavy (non-hydrogen) atoms. The number of hydrogen-bond donors (Lipinski definition) is 0. The summed E-state index contributed by atoms with van der Waals surface area (Å²) in [6.45, 7) is 8.52. The highest BCUT2D eigenvalue weighted by Crippen LogP contribution is 2.22. The van der Waals surface area contributed by atoms with Crippen LogP contribution in [0.2, 0.25) is 0 Å². The molecule has 0 radical (unpaired) electrons. The van der Waals surface area contributed by atoms with Gasteiger partial charge < -0.3 is 14.2 Å². The third kappa shape index (κ3) is 8.07. The first-order chi connectivity index (χ1) is 15.7. The minimum atomic E-state index is -0.880. The van der Waals surface area contributed by atoms with E-state index < -0.39 is 23.3 Å². The van der Waals surface area contributed by atoms with Crippen LogP contribution in [0.25, 0.3) is 10.1 Å². The smallest absolute Gasteiger partial charge is 0.338 e. The molecule has 1 fully saturated rings. The van der Waals surface area contributed by atoms with E-state index in [9.17, 15) is 14.4 Å². The lowest BCUT2D eigenvalue weighted by molar-refractivity contribution is -0.163. The van der Waals surface area contributed by atoms with Gasteiger partial charge in [0.25, 0.3) is 0 Å². The predicted molar refractivity (Wildman–Crippen MR) is 127 cm³/mol. The van der Waals surface area contributed by atoms with Crippen LogP contribution in [0.3, 0.4) is 0 Å². The lowest BCUT2D eigenvalue weighted by atomic mass is 9.97. The Morgan fingerprint density at radius 1 is 1.09 bits per heavy atom. The first-order valence-electron chi connectivity index (χ1n) is 11.1. The summed E-state index contributed by atoms with van der Waals surface area (Å²) in [6, 6.07) is 8.69. The summed E-state index contributed by atoms with van der Waals surface area (Å²) in [7, 11) is 0. The minimum Gasteiger partial charge on any atom is -0.456 e. The van der Waals surface area contributed by atoms with Crippen molar-refractivity contribution in [2.24, 2.45) is 5.41 Å². The van der Waals surface area contributed by atoms with Crippen molar-refractivity contribution in [3.8, 4) is 0 Å². The number of carbonyl (C=O) groups is 3. The van der Waals surface area contributed by atoms with Crippen LogP contribution in [0.1, 0.15) is 32.8 Å². The summed E-state index contributed by atoms with van der Waals surface area (Å²) in [5.74, 6) is -2.15. The van der Waals surface area contributed by atoms with E-state index in [1.54, 1.807) is 32.1 Å². The van der Waals surface area contributed by atoms with Gasteiger partial charge in [-0.1, -0.05) is 12.1 Å². The maximum Gasteiger partial charge on any atom is 0.338 e. The summed E-state index contributed by atoms with van der Waals surface area (Å²) in [5.41, 5.74) is 0.500. The molecular formula is C25H31NO6S. The second-order valence-electron chi connectivity index (χ2n) is 9.12. The lowest BCUT2D eigenvalue weighted by Gasteiger charge is -2.38. The fourth-order valence-corrected chi connectivity index (χ4v) is 4.02. The standard InChI is InChI=1S/C25H31NO6S/c1-25(2,3)24(29)32-23(28)8-7-22(27)31-20-16-26(17-20)11-4-12-30-13-9-18-5-6-21-19(15-18)10-14-33-21/h5-8,10,14-15,20H,4,9,11-13,16-17H2,1-3H3/b8-7-. The molecule has 0 amide bonds. The molecule has 0 bridgehead atoms. The number of esters is 3. The van der Waals surface area contributed by atoms with Crippen molar-refractivity contribution in [2.75, 3.05) is 32.8 Å². The normalized spacial score (nSPS) is 15.0. The zero-order chi connectivity index (χ0) is 23.8. The Labute approximate surface area is 198 Å². The number of nitrogens with zero attached hydrogens (tertiary/aromatic N) is 1. The molecule has 3 rings (SSSR count). The molecule has 0 unspecified atom stereocenters. The number of hydrogen-bond acceptors (Lipinski definition) is 8. The van der Waals surface area contributed by atoms with Gasteiger partial charge in [-0.05, 0) is 62.1 Å². The second kappa shape index (κ2) is 11.5. The van der Waals surface area contributed by atoms with Crippen LogP contribution in [0.15, 0.2) is 41.8 Å². The van der Waals surface area contributed by atoms with E-state index in [1.807, 2.05) is 0 Å². The van der Waals surface area contributed by atoms with Gasteiger partial charge in [0.2, 0.25) is 0 Å². The number of benzene rings is 1. The third-order valence-corrected chi connectivity index (χ3v) is 6.08. The van der Waals surface area contributed by atoms with E-state index in [-0.39, 0.29) is 6.10 Å². The van der Waals surface area contributed by atoms with Crippen molar-refractivity contribution in [2.45, 2.75) is 39.7 Å². The van der Waals surface area contributed by atoms with Crippen LogP contribution in [-0.4, -0.2) is 61.8 Å². The zero-order valence-corrected chi connectivity index (χ0v) is 20.2. The maximum absolute atomic E-state index is 11.8. The van der Waals surface area contributed by atoms with Gasteiger partial charge in [-0.25, -0.2) is 9.59 Å². The van der Waals surface area contributed by atoms with Crippen molar-refractivity contribution in [1.82, 2.24) is 4.90 Å². The Morgan fingerprint density at radius 3 is 2.61 bits per heavy atom. The summed E-state index contributed by atoms with van der Waals surface area (Å²) < 4.78 is 17.0. The molecule has 0 spiro atoms. The molecule has 0 N–H and O–H groups in total. The van der Waals surface area contributed by atoms with Crippen LogP contribution in [-0.2, 0) is 35.0 Å². The first-order valence-corrected chi connectivity index (χ1v) is 12.0. The van der Waals surface area contributed by atoms with E-state index in [0.717, 1.165) is 31.5 Å². The number of carbonyl (C=O) groups excluding carboxylic acids is 3. The SMILES string of the molecule is CC(C)(C)C(=O)OC(=O)/C=C\C(=O)OC1CN(CCCOCCc2ccc3sccc3c2)C1. The van der Waals surface area contributed by atoms with Gasteiger partial charge >= 0.3 is 17.9 Å². The van der Waals surface area contributed by atoms with Gasteiger partial charge in [-0.15, -0.1) is 11.3 Å². The van der Waals surface area contributed by atoms with E-state index in [0.29, 0.717) is 26.3 Å². The Balaban J connectivity index is 1.21. The molecule has 1 aliphatic heterocycles. The quantitative estimate of drug-likeness (QED) is 0.225. The molecule has 1 aliphatic rings. The molecule has 2 heterocycles. The monoisotopic (exact) mass is 473 g/mol. The maximum atomic E-state index is 11.8. The lowest BCUT2D eigenvalue weighted by Crippen LogP contribution is -2.53. The highest BCUT2D eigenvalue weighted by Gasteiger charge is 2.29. The summed E-state index contributed by atoms with van der Waals surface area (Å²) in [4.78, 5) is 37.2. The van der Waals surface area contributed by atoms with Crippen LogP contribution < -0.4 is 0 Å². The van der Waals surface area contributed by atoms with E-state index >= 15 is 0 Å². The van der Waals surface area contributed by atoms with Gasteiger partial charge in [-0.3, -0.25) is 9.69 Å². The Hall–Kier alpha value is -2.55.